The second-order valence-electron chi connectivity index (χ2n) is 6.00. The number of aryl methyl sites for hydroxylation is 1. The Morgan fingerprint density at radius 1 is 1.24 bits per heavy atom. The fourth-order valence-electron chi connectivity index (χ4n) is 2.76. The van der Waals surface area contributed by atoms with Gasteiger partial charge in [-0.1, -0.05) is 29.3 Å². The molecule has 1 aromatic carbocycles. The number of aliphatic hydroxyl groups is 1. The van der Waals surface area contributed by atoms with Crippen LogP contribution in [0.4, 0.5) is 0 Å². The van der Waals surface area contributed by atoms with E-state index in [2.05, 4.69) is 0 Å². The number of rotatable bonds is 5. The summed E-state index contributed by atoms with van der Waals surface area (Å²) in [5, 5.41) is 10.7. The minimum absolute atomic E-state index is 0.0221. The first-order valence-electron chi connectivity index (χ1n) is 7.77. The average molecular weight is 397 g/mol. The molecule has 0 aliphatic carbocycles. The number of likely N-dealkylation sites (N-methyl/N-ethyl adjacent to an activating group) is 1. The molecule has 7 heteroatoms. The number of halogens is 2. The first kappa shape index (κ1) is 18.4. The van der Waals surface area contributed by atoms with Crippen molar-refractivity contribution in [2.45, 2.75) is 6.54 Å². The molecule has 2 heterocycles. The number of thiophene rings is 1. The molecule has 0 aliphatic heterocycles. The lowest BCUT2D eigenvalue weighted by Gasteiger charge is -2.12. The Morgan fingerprint density at radius 2 is 2.00 bits per heavy atom. The minimum Gasteiger partial charge on any atom is -0.395 e. The van der Waals surface area contributed by atoms with Crippen molar-refractivity contribution < 1.29 is 5.11 Å². The van der Waals surface area contributed by atoms with E-state index in [1.54, 1.807) is 29.0 Å². The highest BCUT2D eigenvalue weighted by atomic mass is 35.5. The van der Waals surface area contributed by atoms with Gasteiger partial charge in [-0.15, -0.1) is 11.3 Å². The number of hydrogen-bond acceptors (Lipinski definition) is 4. The van der Waals surface area contributed by atoms with Crippen LogP contribution in [0.5, 0.6) is 0 Å². The molecule has 2 aromatic heterocycles. The van der Waals surface area contributed by atoms with Gasteiger partial charge < -0.3 is 9.67 Å². The third-order valence-electron chi connectivity index (χ3n) is 4.04. The maximum atomic E-state index is 12.5. The van der Waals surface area contributed by atoms with Crippen LogP contribution in [0, 0.1) is 0 Å². The van der Waals surface area contributed by atoms with Crippen LogP contribution >= 0.6 is 34.5 Å². The summed E-state index contributed by atoms with van der Waals surface area (Å²) >= 11 is 13.8. The topological polar surface area (TPSA) is 45.5 Å². The van der Waals surface area contributed by atoms with Crippen molar-refractivity contribution in [1.82, 2.24) is 9.47 Å². The van der Waals surface area contributed by atoms with Gasteiger partial charge in [-0.2, -0.15) is 0 Å². The summed E-state index contributed by atoms with van der Waals surface area (Å²) < 4.78 is 2.53. The number of benzene rings is 1. The Balaban J connectivity index is 2.15. The van der Waals surface area contributed by atoms with Gasteiger partial charge in [0.1, 0.15) is 0 Å². The van der Waals surface area contributed by atoms with Crippen LogP contribution in [0.1, 0.15) is 4.88 Å². The molecule has 0 aliphatic rings. The second kappa shape index (κ2) is 7.48. The predicted molar refractivity (Wildman–Crippen MR) is 106 cm³/mol. The van der Waals surface area contributed by atoms with Gasteiger partial charge in [0.05, 0.1) is 22.0 Å². The Hall–Kier alpha value is -1.37. The minimum atomic E-state index is -0.0221. The Morgan fingerprint density at radius 3 is 2.68 bits per heavy atom. The molecule has 3 rings (SSSR count). The number of nitrogens with zero attached hydrogens (tertiary/aromatic N) is 2. The number of hydrogen-bond donors (Lipinski definition) is 1. The summed E-state index contributed by atoms with van der Waals surface area (Å²) in [7, 11) is 3.69. The number of fused-ring (bicyclic) bond motifs is 1. The van der Waals surface area contributed by atoms with E-state index in [9.17, 15) is 4.79 Å². The van der Waals surface area contributed by atoms with Crippen LogP contribution in [-0.4, -0.2) is 34.8 Å². The van der Waals surface area contributed by atoms with Crippen LogP contribution in [0.15, 0.2) is 35.3 Å². The van der Waals surface area contributed by atoms with Gasteiger partial charge in [0.15, 0.2) is 0 Å². The highest BCUT2D eigenvalue weighted by Gasteiger charge is 2.15. The van der Waals surface area contributed by atoms with Crippen LogP contribution in [-0.2, 0) is 13.6 Å². The zero-order valence-corrected chi connectivity index (χ0v) is 16.3. The smallest absolute Gasteiger partial charge is 0.259 e. The summed E-state index contributed by atoms with van der Waals surface area (Å²) in [5.41, 5.74) is 1.86. The van der Waals surface area contributed by atoms with Crippen molar-refractivity contribution in [3.05, 3.63) is 55.7 Å². The molecule has 0 amide bonds. The van der Waals surface area contributed by atoms with Crippen molar-refractivity contribution in [2.75, 3.05) is 20.2 Å². The Kier molecular flexibility index (Phi) is 5.51. The van der Waals surface area contributed by atoms with Gasteiger partial charge in [0.25, 0.3) is 5.56 Å². The van der Waals surface area contributed by atoms with Crippen molar-refractivity contribution in [2.24, 2.45) is 7.05 Å². The number of pyridine rings is 1. The predicted octanol–water partition coefficient (Wildman–Crippen LogP) is 4.00. The molecule has 0 saturated heterocycles. The van der Waals surface area contributed by atoms with E-state index >= 15 is 0 Å². The molecular weight excluding hydrogens is 379 g/mol. The Bertz CT molecular complexity index is 981. The van der Waals surface area contributed by atoms with Crippen molar-refractivity contribution >= 4 is 44.6 Å². The molecule has 0 radical (unpaired) electrons. The molecule has 0 unspecified atom stereocenters. The van der Waals surface area contributed by atoms with Gasteiger partial charge in [-0.05, 0) is 30.8 Å². The molecule has 0 bridgehead atoms. The van der Waals surface area contributed by atoms with E-state index in [0.717, 1.165) is 20.7 Å². The molecule has 132 valence electrons. The molecule has 3 aromatic rings. The normalized spacial score (nSPS) is 11.6. The van der Waals surface area contributed by atoms with Gasteiger partial charge in [-0.25, -0.2) is 0 Å². The summed E-state index contributed by atoms with van der Waals surface area (Å²) in [4.78, 5) is 15.6. The molecule has 0 atom stereocenters. The largest absolute Gasteiger partial charge is 0.395 e. The summed E-state index contributed by atoms with van der Waals surface area (Å²) in [6.45, 7) is 1.38. The quantitative estimate of drug-likeness (QED) is 0.708. The van der Waals surface area contributed by atoms with E-state index < -0.39 is 0 Å². The molecule has 0 fully saturated rings. The Labute approximate surface area is 159 Å². The molecular formula is C18H18Cl2N2O2S. The van der Waals surface area contributed by atoms with Crippen molar-refractivity contribution in [3.63, 3.8) is 0 Å². The van der Waals surface area contributed by atoms with Gasteiger partial charge >= 0.3 is 0 Å². The van der Waals surface area contributed by atoms with Gasteiger partial charge in [0, 0.05) is 41.5 Å². The van der Waals surface area contributed by atoms with E-state index in [1.807, 2.05) is 36.3 Å². The van der Waals surface area contributed by atoms with Crippen molar-refractivity contribution in [3.8, 4) is 11.1 Å². The fourth-order valence-corrected chi connectivity index (χ4v) is 4.32. The summed E-state index contributed by atoms with van der Waals surface area (Å²) in [5.74, 6) is 0. The van der Waals surface area contributed by atoms with E-state index in [1.165, 1.54) is 0 Å². The summed E-state index contributed by atoms with van der Waals surface area (Å²) in [6, 6.07) is 7.43. The lowest BCUT2D eigenvalue weighted by atomic mass is 10.1. The SMILES string of the molecule is CN(CCO)Cc1cc2c(=O)n(C)cc(-c3ccc(Cl)c(Cl)c3)c2s1. The van der Waals surface area contributed by atoms with Crippen LogP contribution in [0.25, 0.3) is 21.2 Å². The lowest BCUT2D eigenvalue weighted by molar-refractivity contribution is 0.218. The first-order chi connectivity index (χ1) is 11.9. The molecule has 0 spiro atoms. The van der Waals surface area contributed by atoms with E-state index in [0.29, 0.717) is 28.5 Å². The maximum Gasteiger partial charge on any atom is 0.259 e. The third kappa shape index (κ3) is 3.76. The second-order valence-corrected chi connectivity index (χ2v) is 7.96. The monoisotopic (exact) mass is 396 g/mol. The van der Waals surface area contributed by atoms with Crippen LogP contribution < -0.4 is 5.56 Å². The first-order valence-corrected chi connectivity index (χ1v) is 9.35. The molecule has 0 saturated carbocycles. The molecule has 1 N–H and O–H groups in total. The highest BCUT2D eigenvalue weighted by Crippen LogP contribution is 2.36. The third-order valence-corrected chi connectivity index (χ3v) is 5.93. The maximum absolute atomic E-state index is 12.5. The van der Waals surface area contributed by atoms with E-state index in [4.69, 9.17) is 28.3 Å². The van der Waals surface area contributed by atoms with Crippen LogP contribution in [0.3, 0.4) is 0 Å². The zero-order chi connectivity index (χ0) is 18.1. The molecule has 4 nitrogen and oxygen atoms in total. The van der Waals surface area contributed by atoms with Crippen LogP contribution in [0.2, 0.25) is 10.0 Å². The highest BCUT2D eigenvalue weighted by molar-refractivity contribution is 7.19. The van der Waals surface area contributed by atoms with E-state index in [-0.39, 0.29) is 12.2 Å². The fraction of sp³-hybridized carbons (Fsp3) is 0.278. The standard InChI is InChI=1S/C18H18Cl2N2O2S/c1-21(5-6-23)9-12-8-13-17(25-12)14(10-22(2)18(13)24)11-3-4-15(19)16(20)7-11/h3-4,7-8,10,23H,5-6,9H2,1-2H3. The van der Waals surface area contributed by atoms with Gasteiger partial charge in [-0.3, -0.25) is 9.69 Å². The number of aromatic nitrogens is 1. The average Bonchev–Trinajstić information content (AvgIpc) is 2.97. The van der Waals surface area contributed by atoms with Gasteiger partial charge in [0.2, 0.25) is 0 Å². The van der Waals surface area contributed by atoms with Crippen molar-refractivity contribution in [1.29, 1.82) is 0 Å². The zero-order valence-electron chi connectivity index (χ0n) is 13.9. The number of aliphatic hydroxyl groups excluding tert-OH is 1. The summed E-state index contributed by atoms with van der Waals surface area (Å²) in [6.07, 6.45) is 1.84. The lowest BCUT2D eigenvalue weighted by Crippen LogP contribution is -2.20. The molecule has 25 heavy (non-hydrogen) atoms.